The molecular formula is C11H12BN3O4. The highest BCUT2D eigenvalue weighted by Gasteiger charge is 2.14. The van der Waals surface area contributed by atoms with Crippen LogP contribution in [0.2, 0.25) is 0 Å². The molecule has 2 N–H and O–H groups in total. The Morgan fingerprint density at radius 3 is 2.95 bits per heavy atom. The predicted molar refractivity (Wildman–Crippen MR) is 67.1 cm³/mol. The van der Waals surface area contributed by atoms with Gasteiger partial charge in [0.2, 0.25) is 0 Å². The van der Waals surface area contributed by atoms with Crippen molar-refractivity contribution in [2.75, 3.05) is 6.61 Å². The Labute approximate surface area is 109 Å². The van der Waals surface area contributed by atoms with E-state index >= 15 is 0 Å². The Kier molecular flexibility index (Phi) is 3.93. The standard InChI is InChI=1S/C11H12BN3O4/c1-2-19-11(16)10-7-15(14-13-10)9-5-3-4-8(6-9)12(17)18/h3-7,17-18H,2H2,1H3. The number of benzene rings is 1. The second-order valence-electron chi connectivity index (χ2n) is 3.74. The Morgan fingerprint density at radius 2 is 2.26 bits per heavy atom. The van der Waals surface area contributed by atoms with Crippen molar-refractivity contribution in [3.05, 3.63) is 36.2 Å². The SMILES string of the molecule is CCOC(=O)c1cn(-c2cccc(B(O)O)c2)nn1. The molecule has 8 heteroatoms. The van der Waals surface area contributed by atoms with Gasteiger partial charge in [-0.1, -0.05) is 17.3 Å². The molecule has 0 bridgehead atoms. The van der Waals surface area contributed by atoms with E-state index in [0.29, 0.717) is 11.2 Å². The van der Waals surface area contributed by atoms with E-state index in [1.165, 1.54) is 16.9 Å². The lowest BCUT2D eigenvalue weighted by Crippen LogP contribution is -2.29. The number of hydrogen-bond donors (Lipinski definition) is 2. The smallest absolute Gasteiger partial charge is 0.461 e. The number of ether oxygens (including phenoxy) is 1. The molecule has 0 aliphatic heterocycles. The van der Waals surface area contributed by atoms with Crippen LogP contribution in [0.4, 0.5) is 0 Å². The predicted octanol–water partition coefficient (Wildman–Crippen LogP) is -0.876. The van der Waals surface area contributed by atoms with Gasteiger partial charge in [-0.2, -0.15) is 0 Å². The van der Waals surface area contributed by atoms with E-state index in [9.17, 15) is 4.79 Å². The molecule has 2 aromatic rings. The fraction of sp³-hybridized carbons (Fsp3) is 0.182. The zero-order chi connectivity index (χ0) is 13.8. The molecule has 0 unspecified atom stereocenters. The van der Waals surface area contributed by atoms with Crippen molar-refractivity contribution in [1.82, 2.24) is 15.0 Å². The molecule has 1 aromatic carbocycles. The molecule has 0 spiro atoms. The summed E-state index contributed by atoms with van der Waals surface area (Å²) in [5.74, 6) is -0.549. The molecule has 1 heterocycles. The highest BCUT2D eigenvalue weighted by Crippen LogP contribution is 2.06. The lowest BCUT2D eigenvalue weighted by atomic mass is 9.80. The van der Waals surface area contributed by atoms with Crippen molar-refractivity contribution >= 4 is 18.6 Å². The summed E-state index contributed by atoms with van der Waals surface area (Å²) in [6.45, 7) is 1.96. The van der Waals surface area contributed by atoms with Gasteiger partial charge in [0.05, 0.1) is 18.5 Å². The summed E-state index contributed by atoms with van der Waals surface area (Å²) in [5, 5.41) is 25.7. The van der Waals surface area contributed by atoms with Crippen LogP contribution in [0.5, 0.6) is 0 Å². The maximum Gasteiger partial charge on any atom is 0.488 e. The number of rotatable bonds is 4. The molecule has 0 radical (unpaired) electrons. The summed E-state index contributed by atoms with van der Waals surface area (Å²) in [7, 11) is -1.56. The highest BCUT2D eigenvalue weighted by atomic mass is 16.5. The van der Waals surface area contributed by atoms with Crippen LogP contribution in [-0.4, -0.2) is 44.7 Å². The van der Waals surface area contributed by atoms with E-state index in [1.807, 2.05) is 0 Å². The minimum atomic E-state index is -1.56. The first-order chi connectivity index (χ1) is 9.11. The molecule has 0 saturated heterocycles. The van der Waals surface area contributed by atoms with Crippen LogP contribution < -0.4 is 5.46 Å². The summed E-state index contributed by atoms with van der Waals surface area (Å²) in [4.78, 5) is 11.4. The number of esters is 1. The molecular weight excluding hydrogens is 249 g/mol. The first-order valence-corrected chi connectivity index (χ1v) is 5.67. The third-order valence-corrected chi connectivity index (χ3v) is 2.41. The van der Waals surface area contributed by atoms with Crippen LogP contribution in [-0.2, 0) is 4.74 Å². The quantitative estimate of drug-likeness (QED) is 0.548. The van der Waals surface area contributed by atoms with E-state index in [-0.39, 0.29) is 12.3 Å². The molecule has 0 aliphatic rings. The summed E-state index contributed by atoms with van der Waals surface area (Å²) < 4.78 is 6.16. The summed E-state index contributed by atoms with van der Waals surface area (Å²) in [5.41, 5.74) is 0.983. The van der Waals surface area contributed by atoms with Crippen LogP contribution >= 0.6 is 0 Å². The Hall–Kier alpha value is -2.19. The van der Waals surface area contributed by atoms with Crippen LogP contribution in [0.3, 0.4) is 0 Å². The molecule has 98 valence electrons. The molecule has 7 nitrogen and oxygen atoms in total. The van der Waals surface area contributed by atoms with E-state index in [4.69, 9.17) is 14.8 Å². The van der Waals surface area contributed by atoms with E-state index < -0.39 is 13.1 Å². The van der Waals surface area contributed by atoms with Gasteiger partial charge < -0.3 is 14.8 Å². The largest absolute Gasteiger partial charge is 0.488 e. The fourth-order valence-electron chi connectivity index (χ4n) is 1.52. The zero-order valence-corrected chi connectivity index (χ0v) is 10.2. The Balaban J connectivity index is 2.27. The summed E-state index contributed by atoms with van der Waals surface area (Å²) in [6, 6.07) is 6.46. The first-order valence-electron chi connectivity index (χ1n) is 5.67. The van der Waals surface area contributed by atoms with Crippen molar-refractivity contribution < 1.29 is 19.6 Å². The van der Waals surface area contributed by atoms with Gasteiger partial charge in [-0.15, -0.1) is 5.10 Å². The van der Waals surface area contributed by atoms with E-state index in [1.54, 1.807) is 25.1 Å². The Morgan fingerprint density at radius 1 is 1.47 bits per heavy atom. The molecule has 2 rings (SSSR count). The second-order valence-corrected chi connectivity index (χ2v) is 3.74. The van der Waals surface area contributed by atoms with Crippen LogP contribution in [0, 0.1) is 0 Å². The minimum Gasteiger partial charge on any atom is -0.461 e. The molecule has 0 fully saturated rings. The molecule has 0 saturated carbocycles. The number of nitrogens with zero attached hydrogens (tertiary/aromatic N) is 3. The van der Waals surface area contributed by atoms with Gasteiger partial charge >= 0.3 is 13.1 Å². The topological polar surface area (TPSA) is 97.5 Å². The summed E-state index contributed by atoms with van der Waals surface area (Å²) >= 11 is 0. The monoisotopic (exact) mass is 261 g/mol. The third kappa shape index (κ3) is 2.98. The highest BCUT2D eigenvalue weighted by molar-refractivity contribution is 6.58. The molecule has 19 heavy (non-hydrogen) atoms. The summed E-state index contributed by atoms with van der Waals surface area (Å²) in [6.07, 6.45) is 1.42. The normalized spacial score (nSPS) is 10.3. The van der Waals surface area contributed by atoms with Crippen molar-refractivity contribution in [1.29, 1.82) is 0 Å². The molecule has 0 amide bonds. The Bertz CT molecular complexity index is 585. The molecule has 0 aliphatic carbocycles. The van der Waals surface area contributed by atoms with Crippen molar-refractivity contribution in [3.63, 3.8) is 0 Å². The fourth-order valence-corrected chi connectivity index (χ4v) is 1.52. The van der Waals surface area contributed by atoms with Gasteiger partial charge in [-0.05, 0) is 24.5 Å². The number of carbonyl (C=O) groups is 1. The zero-order valence-electron chi connectivity index (χ0n) is 10.2. The molecule has 0 atom stereocenters. The number of aromatic nitrogens is 3. The average molecular weight is 261 g/mol. The third-order valence-electron chi connectivity index (χ3n) is 2.41. The van der Waals surface area contributed by atoms with Gasteiger partial charge in [-0.25, -0.2) is 9.48 Å². The maximum atomic E-state index is 11.4. The first kappa shape index (κ1) is 13.3. The van der Waals surface area contributed by atoms with Gasteiger partial charge in [0.15, 0.2) is 5.69 Å². The number of hydrogen-bond acceptors (Lipinski definition) is 6. The van der Waals surface area contributed by atoms with Crippen molar-refractivity contribution in [2.45, 2.75) is 6.92 Å². The van der Waals surface area contributed by atoms with Gasteiger partial charge in [0, 0.05) is 0 Å². The van der Waals surface area contributed by atoms with Gasteiger partial charge in [0.1, 0.15) is 0 Å². The van der Waals surface area contributed by atoms with Crippen molar-refractivity contribution in [3.8, 4) is 5.69 Å². The molecule has 1 aromatic heterocycles. The maximum absolute atomic E-state index is 11.4. The van der Waals surface area contributed by atoms with E-state index in [0.717, 1.165) is 0 Å². The minimum absolute atomic E-state index is 0.0943. The lowest BCUT2D eigenvalue weighted by Gasteiger charge is -2.03. The second kappa shape index (κ2) is 5.64. The lowest BCUT2D eigenvalue weighted by molar-refractivity contribution is 0.0519. The van der Waals surface area contributed by atoms with Gasteiger partial charge in [-0.3, -0.25) is 0 Å². The van der Waals surface area contributed by atoms with Crippen LogP contribution in [0.1, 0.15) is 17.4 Å². The van der Waals surface area contributed by atoms with Crippen molar-refractivity contribution in [2.24, 2.45) is 0 Å². The van der Waals surface area contributed by atoms with Crippen LogP contribution in [0.25, 0.3) is 5.69 Å². The van der Waals surface area contributed by atoms with Gasteiger partial charge in [0.25, 0.3) is 0 Å². The average Bonchev–Trinajstić information content (AvgIpc) is 2.89. The van der Waals surface area contributed by atoms with Crippen LogP contribution in [0.15, 0.2) is 30.5 Å². The number of carbonyl (C=O) groups excluding carboxylic acids is 1. The van der Waals surface area contributed by atoms with E-state index in [2.05, 4.69) is 10.3 Å².